The number of H-pyrrole nitrogens is 1. The van der Waals surface area contributed by atoms with E-state index in [1.807, 2.05) is 6.20 Å². The van der Waals surface area contributed by atoms with Crippen LogP contribution in [0.3, 0.4) is 0 Å². The van der Waals surface area contributed by atoms with Crippen LogP contribution in [0.5, 0.6) is 0 Å². The molecule has 18 heavy (non-hydrogen) atoms. The van der Waals surface area contributed by atoms with Crippen molar-refractivity contribution < 1.29 is 4.74 Å². The van der Waals surface area contributed by atoms with Crippen LogP contribution in [0.2, 0.25) is 19.6 Å². The van der Waals surface area contributed by atoms with Crippen molar-refractivity contribution in [2.75, 3.05) is 5.33 Å². The Bertz CT molecular complexity index is 521. The molecule has 98 valence electrons. The van der Waals surface area contributed by atoms with Gasteiger partial charge in [0.25, 0.3) is 0 Å². The lowest BCUT2D eigenvalue weighted by Crippen LogP contribution is -2.41. The second-order valence-electron chi connectivity index (χ2n) is 5.61. The third kappa shape index (κ3) is 3.21. The van der Waals surface area contributed by atoms with E-state index in [1.54, 1.807) is 0 Å². The van der Waals surface area contributed by atoms with E-state index >= 15 is 0 Å². The standard InChI is InChI=1S/C13H19BrN2OSi/c1-18(2,3)13(7-14)17-9-10-4-5-11-8-15-16-12(11)6-10/h4-6,8,13H,7,9H2,1-3H3,(H,15,16). The first-order chi connectivity index (χ1) is 8.50. The highest BCUT2D eigenvalue weighted by Gasteiger charge is 2.26. The molecule has 0 aliphatic rings. The van der Waals surface area contributed by atoms with Crippen LogP contribution in [-0.4, -0.2) is 29.3 Å². The van der Waals surface area contributed by atoms with Crippen LogP contribution < -0.4 is 0 Å². The topological polar surface area (TPSA) is 37.9 Å². The molecule has 1 aromatic carbocycles. The van der Waals surface area contributed by atoms with E-state index in [0.717, 1.165) is 16.2 Å². The van der Waals surface area contributed by atoms with Crippen molar-refractivity contribution in [3.8, 4) is 0 Å². The lowest BCUT2D eigenvalue weighted by molar-refractivity contribution is 0.101. The molecule has 2 aromatic rings. The number of hydrogen-bond donors (Lipinski definition) is 1. The molecule has 0 saturated heterocycles. The van der Waals surface area contributed by atoms with Crippen molar-refractivity contribution in [2.24, 2.45) is 0 Å². The number of nitrogens with one attached hydrogen (secondary N) is 1. The van der Waals surface area contributed by atoms with E-state index in [4.69, 9.17) is 4.74 Å². The SMILES string of the molecule is C[Si](C)(C)C(CBr)OCc1ccc2cn[nH]c2c1. The van der Waals surface area contributed by atoms with Crippen molar-refractivity contribution >= 4 is 34.9 Å². The molecule has 5 heteroatoms. The molecule has 0 aliphatic heterocycles. The van der Waals surface area contributed by atoms with Crippen LogP contribution in [-0.2, 0) is 11.3 Å². The van der Waals surface area contributed by atoms with Gasteiger partial charge in [0.05, 0.1) is 32.1 Å². The molecule has 0 amide bonds. The third-order valence-electron chi connectivity index (χ3n) is 3.06. The van der Waals surface area contributed by atoms with Gasteiger partial charge in [0.2, 0.25) is 0 Å². The van der Waals surface area contributed by atoms with Gasteiger partial charge in [-0.3, -0.25) is 5.10 Å². The smallest absolute Gasteiger partial charge is 0.0796 e. The molecule has 1 N–H and O–H groups in total. The van der Waals surface area contributed by atoms with Crippen LogP contribution in [0.25, 0.3) is 10.9 Å². The molecule has 0 fully saturated rings. The lowest BCUT2D eigenvalue weighted by Gasteiger charge is -2.27. The summed E-state index contributed by atoms with van der Waals surface area (Å²) in [6.45, 7) is 7.65. The fraction of sp³-hybridized carbons (Fsp3) is 0.462. The summed E-state index contributed by atoms with van der Waals surface area (Å²) < 4.78 is 6.05. The molecular weight excluding hydrogens is 308 g/mol. The van der Waals surface area contributed by atoms with Gasteiger partial charge in [-0.25, -0.2) is 0 Å². The quantitative estimate of drug-likeness (QED) is 0.671. The van der Waals surface area contributed by atoms with Gasteiger partial charge < -0.3 is 4.74 Å². The van der Waals surface area contributed by atoms with Gasteiger partial charge >= 0.3 is 0 Å². The van der Waals surface area contributed by atoms with Crippen LogP contribution in [0.15, 0.2) is 24.4 Å². The summed E-state index contributed by atoms with van der Waals surface area (Å²) in [6, 6.07) is 6.29. The Morgan fingerprint density at radius 2 is 2.17 bits per heavy atom. The van der Waals surface area contributed by atoms with Crippen LogP contribution in [0.4, 0.5) is 0 Å². The summed E-state index contributed by atoms with van der Waals surface area (Å²) in [5, 5.41) is 9.06. The number of aromatic amines is 1. The highest BCUT2D eigenvalue weighted by molar-refractivity contribution is 9.09. The molecule has 1 unspecified atom stereocenters. The first-order valence-corrected chi connectivity index (χ1v) is 10.8. The van der Waals surface area contributed by atoms with Crippen molar-refractivity contribution in [1.82, 2.24) is 10.2 Å². The summed E-state index contributed by atoms with van der Waals surface area (Å²) in [4.78, 5) is 0. The largest absolute Gasteiger partial charge is 0.376 e. The maximum atomic E-state index is 6.05. The Hall–Kier alpha value is -0.653. The Kier molecular flexibility index (Phi) is 4.24. The maximum absolute atomic E-state index is 6.05. The summed E-state index contributed by atoms with van der Waals surface area (Å²) in [7, 11) is -1.27. The van der Waals surface area contributed by atoms with E-state index in [0.29, 0.717) is 12.3 Å². The van der Waals surface area contributed by atoms with E-state index in [1.165, 1.54) is 5.56 Å². The zero-order valence-corrected chi connectivity index (χ0v) is 13.6. The Morgan fingerprint density at radius 3 is 2.83 bits per heavy atom. The number of nitrogens with zero attached hydrogens (tertiary/aromatic N) is 1. The first kappa shape index (κ1) is 13.8. The number of benzene rings is 1. The summed E-state index contributed by atoms with van der Waals surface area (Å²) in [6.07, 6.45) is 1.84. The molecule has 0 bridgehead atoms. The predicted molar refractivity (Wildman–Crippen MR) is 81.8 cm³/mol. The van der Waals surface area contributed by atoms with Crippen molar-refractivity contribution in [3.63, 3.8) is 0 Å². The minimum absolute atomic E-state index is 0.343. The summed E-state index contributed by atoms with van der Waals surface area (Å²) in [5.74, 6) is 0. The molecule has 0 saturated carbocycles. The minimum atomic E-state index is -1.27. The van der Waals surface area contributed by atoms with Gasteiger partial charge in [-0.2, -0.15) is 5.10 Å². The lowest BCUT2D eigenvalue weighted by atomic mass is 10.2. The highest BCUT2D eigenvalue weighted by Crippen LogP contribution is 2.18. The molecule has 3 nitrogen and oxygen atoms in total. The van der Waals surface area contributed by atoms with Crippen molar-refractivity contribution in [3.05, 3.63) is 30.0 Å². The van der Waals surface area contributed by atoms with E-state index in [-0.39, 0.29) is 0 Å². The zero-order valence-electron chi connectivity index (χ0n) is 11.0. The Balaban J connectivity index is 2.05. The number of ether oxygens (including phenoxy) is 1. The first-order valence-electron chi connectivity index (χ1n) is 6.10. The fourth-order valence-corrected chi connectivity index (χ4v) is 5.94. The number of alkyl halides is 1. The van der Waals surface area contributed by atoms with Crippen LogP contribution in [0.1, 0.15) is 5.56 Å². The van der Waals surface area contributed by atoms with E-state index in [2.05, 4.69) is 64.0 Å². The average molecular weight is 327 g/mol. The average Bonchev–Trinajstić information content (AvgIpc) is 2.75. The van der Waals surface area contributed by atoms with Gasteiger partial charge in [-0.15, -0.1) is 0 Å². The molecule has 2 rings (SSSR count). The molecule has 0 aliphatic carbocycles. The summed E-state index contributed by atoms with van der Waals surface area (Å²) >= 11 is 3.55. The zero-order chi connectivity index (χ0) is 13.2. The normalized spacial score (nSPS) is 14.0. The van der Waals surface area contributed by atoms with E-state index < -0.39 is 8.07 Å². The number of rotatable bonds is 5. The van der Waals surface area contributed by atoms with E-state index in [9.17, 15) is 0 Å². The number of aromatic nitrogens is 2. The van der Waals surface area contributed by atoms with Crippen molar-refractivity contribution in [1.29, 1.82) is 0 Å². The van der Waals surface area contributed by atoms with Crippen molar-refractivity contribution in [2.45, 2.75) is 32.0 Å². The second kappa shape index (κ2) is 5.55. The third-order valence-corrected chi connectivity index (χ3v) is 6.55. The number of halogens is 1. The molecule has 1 heterocycles. The van der Waals surface area contributed by atoms with Crippen LogP contribution >= 0.6 is 15.9 Å². The molecule has 0 radical (unpaired) electrons. The van der Waals surface area contributed by atoms with Gasteiger partial charge in [0, 0.05) is 10.7 Å². The maximum Gasteiger partial charge on any atom is 0.0796 e. The van der Waals surface area contributed by atoms with Crippen LogP contribution in [0, 0.1) is 0 Å². The minimum Gasteiger partial charge on any atom is -0.376 e. The van der Waals surface area contributed by atoms with Gasteiger partial charge in [-0.05, 0) is 11.6 Å². The summed E-state index contributed by atoms with van der Waals surface area (Å²) in [5.41, 5.74) is 2.60. The van der Waals surface area contributed by atoms with Gasteiger partial charge in [0.15, 0.2) is 0 Å². The highest BCUT2D eigenvalue weighted by atomic mass is 79.9. The Labute approximate surface area is 117 Å². The number of fused-ring (bicyclic) bond motifs is 1. The van der Waals surface area contributed by atoms with Gasteiger partial charge in [-0.1, -0.05) is 47.7 Å². The molecular formula is C13H19BrN2OSi. The monoisotopic (exact) mass is 326 g/mol. The molecule has 1 atom stereocenters. The van der Waals surface area contributed by atoms with Gasteiger partial charge in [0.1, 0.15) is 0 Å². The Morgan fingerprint density at radius 1 is 1.39 bits per heavy atom. The number of hydrogen-bond acceptors (Lipinski definition) is 2. The molecule has 0 spiro atoms. The predicted octanol–water partition coefficient (Wildman–Crippen LogP) is 3.72. The fourth-order valence-electron chi connectivity index (χ4n) is 1.80. The second-order valence-corrected chi connectivity index (χ2v) is 11.6. The molecule has 1 aromatic heterocycles.